The lowest BCUT2D eigenvalue weighted by Gasteiger charge is -2.15. The van der Waals surface area contributed by atoms with Crippen molar-refractivity contribution in [2.24, 2.45) is 5.92 Å². The van der Waals surface area contributed by atoms with Gasteiger partial charge in [0.05, 0.1) is 17.6 Å². The van der Waals surface area contributed by atoms with Crippen LogP contribution in [0.2, 0.25) is 0 Å². The van der Waals surface area contributed by atoms with E-state index in [4.69, 9.17) is 9.72 Å². The molecule has 0 spiro atoms. The van der Waals surface area contributed by atoms with Crippen LogP contribution in [0.25, 0.3) is 11.0 Å². The molecule has 1 aromatic heterocycles. The summed E-state index contributed by atoms with van der Waals surface area (Å²) in [6.07, 6.45) is 2.81. The maximum atomic E-state index is 12.1. The van der Waals surface area contributed by atoms with Gasteiger partial charge < -0.3 is 14.6 Å². The summed E-state index contributed by atoms with van der Waals surface area (Å²) >= 11 is 0. The Hall–Kier alpha value is -1.88. The molecule has 3 rings (SSSR count). The number of carbonyl (C=O) groups excluding carboxylic acids is 1. The van der Waals surface area contributed by atoms with Crippen LogP contribution in [0.3, 0.4) is 0 Å². The number of hydrogen-bond acceptors (Lipinski definition) is 3. The standard InChI is InChI=1S/C19H27N3O2/c1-13(2)22-17-7-5-4-6-16(17)21-18(22)10-11-20-19(23)14(3)24-12-15-8-9-15/h4-7,13-15H,8-12H2,1-3H3,(H,20,23)/t14-/m0/s1. The highest BCUT2D eigenvalue weighted by atomic mass is 16.5. The van der Waals surface area contributed by atoms with Gasteiger partial charge in [0, 0.05) is 19.0 Å². The lowest BCUT2D eigenvalue weighted by molar-refractivity contribution is -0.131. The van der Waals surface area contributed by atoms with Gasteiger partial charge in [0.15, 0.2) is 0 Å². The molecule has 5 nitrogen and oxygen atoms in total. The molecule has 1 amide bonds. The van der Waals surface area contributed by atoms with Crippen molar-refractivity contribution in [3.8, 4) is 0 Å². The molecule has 1 atom stereocenters. The molecule has 2 aromatic rings. The summed E-state index contributed by atoms with van der Waals surface area (Å²) in [4.78, 5) is 16.8. The van der Waals surface area contributed by atoms with Crippen LogP contribution in [0.5, 0.6) is 0 Å². The van der Waals surface area contributed by atoms with E-state index in [1.807, 2.05) is 25.1 Å². The van der Waals surface area contributed by atoms with Crippen LogP contribution in [0.1, 0.15) is 45.5 Å². The topological polar surface area (TPSA) is 56.2 Å². The fourth-order valence-corrected chi connectivity index (χ4v) is 2.93. The summed E-state index contributed by atoms with van der Waals surface area (Å²) in [7, 11) is 0. The number of para-hydroxylation sites is 2. The average Bonchev–Trinajstić information content (AvgIpc) is 3.31. The summed E-state index contributed by atoms with van der Waals surface area (Å²) in [6.45, 7) is 7.42. The Morgan fingerprint density at radius 1 is 1.33 bits per heavy atom. The molecule has 0 aliphatic heterocycles. The first-order chi connectivity index (χ1) is 11.6. The lowest BCUT2D eigenvalue weighted by atomic mass is 10.3. The van der Waals surface area contributed by atoms with Crippen LogP contribution in [-0.2, 0) is 16.0 Å². The maximum absolute atomic E-state index is 12.1. The average molecular weight is 329 g/mol. The monoisotopic (exact) mass is 329 g/mol. The van der Waals surface area contributed by atoms with E-state index in [2.05, 4.69) is 29.8 Å². The van der Waals surface area contributed by atoms with Crippen LogP contribution in [0.15, 0.2) is 24.3 Å². The van der Waals surface area contributed by atoms with Crippen LogP contribution in [0, 0.1) is 5.92 Å². The van der Waals surface area contributed by atoms with Gasteiger partial charge in [-0.3, -0.25) is 4.79 Å². The van der Waals surface area contributed by atoms with Gasteiger partial charge in [0.2, 0.25) is 5.91 Å². The molecule has 1 fully saturated rings. The van der Waals surface area contributed by atoms with Crippen molar-refractivity contribution in [2.75, 3.05) is 13.2 Å². The number of fused-ring (bicyclic) bond motifs is 1. The molecule has 0 bridgehead atoms. The summed E-state index contributed by atoms with van der Waals surface area (Å²) in [5.41, 5.74) is 2.16. The van der Waals surface area contributed by atoms with Crippen molar-refractivity contribution in [3.63, 3.8) is 0 Å². The first kappa shape index (κ1) is 17.0. The van der Waals surface area contributed by atoms with Crippen molar-refractivity contribution < 1.29 is 9.53 Å². The molecule has 1 saturated carbocycles. The second kappa shape index (κ2) is 7.34. The number of hydrogen-bond donors (Lipinski definition) is 1. The van der Waals surface area contributed by atoms with Crippen LogP contribution in [0.4, 0.5) is 0 Å². The number of amides is 1. The maximum Gasteiger partial charge on any atom is 0.248 e. The third kappa shape index (κ3) is 3.96. The molecule has 1 heterocycles. The number of carbonyl (C=O) groups is 1. The SMILES string of the molecule is CC(C)n1c(CCNC(=O)[C@H](C)OCC2CC2)nc2ccccc21. The predicted octanol–water partition coefficient (Wildman–Crippen LogP) is 3.09. The summed E-state index contributed by atoms with van der Waals surface area (Å²) in [5.74, 6) is 1.65. The first-order valence-corrected chi connectivity index (χ1v) is 8.91. The Kier molecular flexibility index (Phi) is 5.19. The summed E-state index contributed by atoms with van der Waals surface area (Å²) in [6, 6.07) is 8.50. The van der Waals surface area contributed by atoms with Crippen LogP contribution >= 0.6 is 0 Å². The van der Waals surface area contributed by atoms with Gasteiger partial charge >= 0.3 is 0 Å². The molecule has 1 aromatic carbocycles. The highest BCUT2D eigenvalue weighted by Gasteiger charge is 2.24. The van der Waals surface area contributed by atoms with E-state index in [-0.39, 0.29) is 12.0 Å². The number of benzene rings is 1. The van der Waals surface area contributed by atoms with Gasteiger partial charge in [-0.05, 0) is 51.7 Å². The van der Waals surface area contributed by atoms with E-state index in [0.717, 1.165) is 16.9 Å². The largest absolute Gasteiger partial charge is 0.368 e. The van der Waals surface area contributed by atoms with Gasteiger partial charge in [-0.2, -0.15) is 0 Å². The van der Waals surface area contributed by atoms with E-state index in [1.54, 1.807) is 0 Å². The highest BCUT2D eigenvalue weighted by Crippen LogP contribution is 2.29. The third-order valence-corrected chi connectivity index (χ3v) is 4.48. The second-order valence-corrected chi connectivity index (χ2v) is 6.94. The van der Waals surface area contributed by atoms with Gasteiger partial charge in [-0.15, -0.1) is 0 Å². The fraction of sp³-hybridized carbons (Fsp3) is 0.579. The Morgan fingerprint density at radius 2 is 2.08 bits per heavy atom. The van der Waals surface area contributed by atoms with E-state index >= 15 is 0 Å². The number of aromatic nitrogens is 2. The van der Waals surface area contributed by atoms with Crippen LogP contribution < -0.4 is 5.32 Å². The van der Waals surface area contributed by atoms with E-state index in [1.165, 1.54) is 12.8 Å². The van der Waals surface area contributed by atoms with Crippen molar-refractivity contribution in [1.29, 1.82) is 0 Å². The molecule has 24 heavy (non-hydrogen) atoms. The molecule has 0 saturated heterocycles. The fourth-order valence-electron chi connectivity index (χ4n) is 2.93. The van der Waals surface area contributed by atoms with Gasteiger partial charge in [-0.1, -0.05) is 12.1 Å². The van der Waals surface area contributed by atoms with Crippen molar-refractivity contribution >= 4 is 16.9 Å². The molecule has 0 radical (unpaired) electrons. The number of nitrogens with one attached hydrogen (secondary N) is 1. The number of rotatable bonds is 8. The molecule has 1 aliphatic carbocycles. The van der Waals surface area contributed by atoms with Crippen LogP contribution in [-0.4, -0.2) is 34.7 Å². The second-order valence-electron chi connectivity index (χ2n) is 6.94. The predicted molar refractivity (Wildman–Crippen MR) is 95.0 cm³/mol. The molecule has 5 heteroatoms. The first-order valence-electron chi connectivity index (χ1n) is 8.91. The Morgan fingerprint density at radius 3 is 2.79 bits per heavy atom. The van der Waals surface area contributed by atoms with E-state index in [9.17, 15) is 4.79 Å². The third-order valence-electron chi connectivity index (χ3n) is 4.48. The minimum atomic E-state index is -0.380. The lowest BCUT2D eigenvalue weighted by Crippen LogP contribution is -2.36. The molecule has 1 aliphatic rings. The minimum absolute atomic E-state index is 0.0390. The zero-order chi connectivity index (χ0) is 17.1. The van der Waals surface area contributed by atoms with Gasteiger partial charge in [0.25, 0.3) is 0 Å². The summed E-state index contributed by atoms with van der Waals surface area (Å²) < 4.78 is 7.85. The van der Waals surface area contributed by atoms with Gasteiger partial charge in [0.1, 0.15) is 11.9 Å². The zero-order valence-corrected chi connectivity index (χ0v) is 14.8. The van der Waals surface area contributed by atoms with E-state index in [0.29, 0.717) is 31.5 Å². The van der Waals surface area contributed by atoms with Crippen molar-refractivity contribution in [1.82, 2.24) is 14.9 Å². The Balaban J connectivity index is 1.57. The van der Waals surface area contributed by atoms with Crippen molar-refractivity contribution in [3.05, 3.63) is 30.1 Å². The Bertz CT molecular complexity index is 704. The molecule has 0 unspecified atom stereocenters. The molecular weight excluding hydrogens is 302 g/mol. The van der Waals surface area contributed by atoms with Gasteiger partial charge in [-0.25, -0.2) is 4.98 Å². The molecule has 1 N–H and O–H groups in total. The molecule has 130 valence electrons. The molecular formula is C19H27N3O2. The normalized spacial score (nSPS) is 15.8. The number of nitrogens with zero attached hydrogens (tertiary/aromatic N) is 2. The number of imidazole rings is 1. The quantitative estimate of drug-likeness (QED) is 0.810. The van der Waals surface area contributed by atoms with E-state index < -0.39 is 0 Å². The number of ether oxygens (including phenoxy) is 1. The van der Waals surface area contributed by atoms with Crippen molar-refractivity contribution in [2.45, 2.75) is 52.2 Å². The summed E-state index contributed by atoms with van der Waals surface area (Å²) in [5, 5.41) is 2.97. The smallest absolute Gasteiger partial charge is 0.248 e. The minimum Gasteiger partial charge on any atom is -0.368 e. The highest BCUT2D eigenvalue weighted by molar-refractivity contribution is 5.80. The Labute approximate surface area is 143 Å². The zero-order valence-electron chi connectivity index (χ0n) is 14.8.